The number of nitrogens with one attached hydrogen (secondary N) is 1. The molecule has 1 heterocycles. The lowest BCUT2D eigenvalue weighted by Gasteiger charge is -2.28. The van der Waals surface area contributed by atoms with E-state index in [2.05, 4.69) is 5.32 Å². The second-order valence-electron chi connectivity index (χ2n) is 5.63. The van der Waals surface area contributed by atoms with E-state index in [1.807, 2.05) is 0 Å². The lowest BCUT2D eigenvalue weighted by molar-refractivity contribution is -0.122. The van der Waals surface area contributed by atoms with Gasteiger partial charge < -0.3 is 20.5 Å². The molecule has 6 nitrogen and oxygen atoms in total. The standard InChI is InChI=1S/C15H17ClN2O4/c16-11-5-9(6-12-13(11)22-7-21-12)15(20)18-10-3-1-2-8(4-10)14(17)19/h5-6,8,10H,1-4,7H2,(H2,17,19)(H,18,20)/t8-,10-/m1/s1. The molecule has 0 saturated heterocycles. The van der Waals surface area contributed by atoms with Gasteiger partial charge in [-0.2, -0.15) is 0 Å². The Balaban J connectivity index is 1.70. The predicted molar refractivity (Wildman–Crippen MR) is 80.0 cm³/mol. The summed E-state index contributed by atoms with van der Waals surface area (Å²) >= 11 is 6.08. The topological polar surface area (TPSA) is 90.7 Å². The second kappa shape index (κ2) is 6.04. The number of carbonyl (C=O) groups is 2. The fourth-order valence-corrected chi connectivity index (χ4v) is 3.21. The summed E-state index contributed by atoms with van der Waals surface area (Å²) < 4.78 is 10.5. The van der Waals surface area contributed by atoms with Crippen LogP contribution in [0.5, 0.6) is 11.5 Å². The number of benzene rings is 1. The maximum absolute atomic E-state index is 12.4. The lowest BCUT2D eigenvalue weighted by atomic mass is 9.85. The number of rotatable bonds is 3. The maximum atomic E-state index is 12.4. The van der Waals surface area contributed by atoms with Gasteiger partial charge in [-0.25, -0.2) is 0 Å². The molecule has 0 unspecified atom stereocenters. The highest BCUT2D eigenvalue weighted by molar-refractivity contribution is 6.32. The van der Waals surface area contributed by atoms with Crippen molar-refractivity contribution < 1.29 is 19.1 Å². The van der Waals surface area contributed by atoms with Crippen molar-refractivity contribution in [1.29, 1.82) is 0 Å². The molecule has 7 heteroatoms. The summed E-state index contributed by atoms with van der Waals surface area (Å²) in [6.45, 7) is 0.100. The van der Waals surface area contributed by atoms with Gasteiger partial charge in [0.1, 0.15) is 0 Å². The Labute approximate surface area is 132 Å². The van der Waals surface area contributed by atoms with Gasteiger partial charge in [-0.1, -0.05) is 18.0 Å². The second-order valence-corrected chi connectivity index (χ2v) is 6.04. The Morgan fingerprint density at radius 3 is 2.86 bits per heavy atom. The molecule has 0 radical (unpaired) electrons. The predicted octanol–water partition coefficient (Wildman–Crippen LogP) is 1.84. The first-order chi connectivity index (χ1) is 10.5. The average Bonchev–Trinajstić information content (AvgIpc) is 2.96. The van der Waals surface area contributed by atoms with Crippen LogP contribution in [0.25, 0.3) is 0 Å². The van der Waals surface area contributed by atoms with Crippen molar-refractivity contribution in [2.75, 3.05) is 6.79 Å². The van der Waals surface area contributed by atoms with Crippen molar-refractivity contribution in [3.8, 4) is 11.5 Å². The zero-order chi connectivity index (χ0) is 15.7. The van der Waals surface area contributed by atoms with E-state index in [9.17, 15) is 9.59 Å². The van der Waals surface area contributed by atoms with Crippen molar-refractivity contribution in [3.05, 3.63) is 22.7 Å². The molecule has 2 atom stereocenters. The van der Waals surface area contributed by atoms with Gasteiger partial charge in [0.15, 0.2) is 11.5 Å². The van der Waals surface area contributed by atoms with E-state index in [4.69, 9.17) is 26.8 Å². The number of primary amides is 1. The van der Waals surface area contributed by atoms with Crippen LogP contribution in [0.15, 0.2) is 12.1 Å². The summed E-state index contributed by atoms with van der Waals surface area (Å²) in [4.78, 5) is 23.6. The van der Waals surface area contributed by atoms with Crippen LogP contribution in [0.1, 0.15) is 36.0 Å². The van der Waals surface area contributed by atoms with Crippen molar-refractivity contribution in [2.45, 2.75) is 31.7 Å². The van der Waals surface area contributed by atoms with Crippen LogP contribution >= 0.6 is 11.6 Å². The molecule has 1 aliphatic carbocycles. The minimum Gasteiger partial charge on any atom is -0.454 e. The molecule has 0 bridgehead atoms. The van der Waals surface area contributed by atoms with Crippen molar-refractivity contribution >= 4 is 23.4 Å². The molecular weight excluding hydrogens is 308 g/mol. The highest BCUT2D eigenvalue weighted by Crippen LogP contribution is 2.39. The van der Waals surface area contributed by atoms with Crippen molar-refractivity contribution in [3.63, 3.8) is 0 Å². The third kappa shape index (κ3) is 2.97. The van der Waals surface area contributed by atoms with E-state index in [0.29, 0.717) is 28.5 Å². The molecule has 2 amide bonds. The van der Waals surface area contributed by atoms with Crippen molar-refractivity contribution in [2.24, 2.45) is 11.7 Å². The fourth-order valence-electron chi connectivity index (χ4n) is 2.95. The number of hydrogen-bond acceptors (Lipinski definition) is 4. The fraction of sp³-hybridized carbons (Fsp3) is 0.467. The smallest absolute Gasteiger partial charge is 0.251 e. The first-order valence-corrected chi connectivity index (χ1v) is 7.61. The molecule has 3 rings (SSSR count). The molecule has 3 N–H and O–H groups in total. The molecule has 2 aliphatic rings. The van der Waals surface area contributed by atoms with Gasteiger partial charge in [-0.05, 0) is 31.4 Å². The number of fused-ring (bicyclic) bond motifs is 1. The summed E-state index contributed by atoms with van der Waals surface area (Å²) in [5.74, 6) is 0.223. The average molecular weight is 325 g/mol. The van der Waals surface area contributed by atoms with E-state index in [1.165, 1.54) is 0 Å². The summed E-state index contributed by atoms with van der Waals surface area (Å²) in [5.41, 5.74) is 5.77. The third-order valence-electron chi connectivity index (χ3n) is 4.10. The van der Waals surface area contributed by atoms with Crippen LogP contribution in [-0.4, -0.2) is 24.6 Å². The van der Waals surface area contributed by atoms with Gasteiger partial charge >= 0.3 is 0 Å². The third-order valence-corrected chi connectivity index (χ3v) is 4.38. The summed E-state index contributed by atoms with van der Waals surface area (Å²) in [7, 11) is 0. The first-order valence-electron chi connectivity index (χ1n) is 7.24. The van der Waals surface area contributed by atoms with E-state index in [-0.39, 0.29) is 30.6 Å². The van der Waals surface area contributed by atoms with E-state index >= 15 is 0 Å². The lowest BCUT2D eigenvalue weighted by Crippen LogP contribution is -2.41. The van der Waals surface area contributed by atoms with Gasteiger partial charge in [0.2, 0.25) is 12.7 Å². The van der Waals surface area contributed by atoms with Crippen LogP contribution in [0.2, 0.25) is 5.02 Å². The van der Waals surface area contributed by atoms with Crippen LogP contribution in [0.4, 0.5) is 0 Å². The Hall–Kier alpha value is -1.95. The SMILES string of the molecule is NC(=O)[C@@H]1CCC[C@@H](NC(=O)c2cc(Cl)c3c(c2)OCO3)C1. The molecule has 1 aromatic carbocycles. The number of ether oxygens (including phenoxy) is 2. The number of nitrogens with two attached hydrogens (primary N) is 1. The zero-order valence-corrected chi connectivity index (χ0v) is 12.7. The first kappa shape index (κ1) is 15.0. The quantitative estimate of drug-likeness (QED) is 0.887. The maximum Gasteiger partial charge on any atom is 0.251 e. The molecule has 1 fully saturated rings. The van der Waals surface area contributed by atoms with Gasteiger partial charge in [-0.3, -0.25) is 9.59 Å². The van der Waals surface area contributed by atoms with Crippen LogP contribution < -0.4 is 20.5 Å². The Kier molecular flexibility index (Phi) is 4.11. The van der Waals surface area contributed by atoms with Crippen LogP contribution in [-0.2, 0) is 4.79 Å². The van der Waals surface area contributed by atoms with Gasteiger partial charge in [0.25, 0.3) is 5.91 Å². The van der Waals surface area contributed by atoms with E-state index < -0.39 is 0 Å². The molecule has 0 spiro atoms. The van der Waals surface area contributed by atoms with Crippen molar-refractivity contribution in [1.82, 2.24) is 5.32 Å². The summed E-state index contributed by atoms with van der Waals surface area (Å²) in [6.07, 6.45) is 3.09. The molecule has 1 saturated carbocycles. The largest absolute Gasteiger partial charge is 0.454 e. The molecular formula is C15H17ClN2O4. The molecule has 22 heavy (non-hydrogen) atoms. The Bertz CT molecular complexity index is 620. The number of carbonyl (C=O) groups excluding carboxylic acids is 2. The normalized spacial score (nSPS) is 23.1. The van der Waals surface area contributed by atoms with E-state index in [1.54, 1.807) is 12.1 Å². The molecule has 118 valence electrons. The highest BCUT2D eigenvalue weighted by atomic mass is 35.5. The number of hydrogen-bond donors (Lipinski definition) is 2. The monoisotopic (exact) mass is 324 g/mol. The minimum absolute atomic E-state index is 0.0528. The number of halogens is 1. The minimum atomic E-state index is -0.301. The Morgan fingerprint density at radius 2 is 2.09 bits per heavy atom. The van der Waals surface area contributed by atoms with Gasteiger partial charge in [0.05, 0.1) is 5.02 Å². The Morgan fingerprint density at radius 1 is 1.27 bits per heavy atom. The van der Waals surface area contributed by atoms with E-state index in [0.717, 1.165) is 19.3 Å². The molecule has 0 aromatic heterocycles. The molecule has 1 aromatic rings. The number of amides is 2. The van der Waals surface area contributed by atoms with Gasteiger partial charge in [0, 0.05) is 17.5 Å². The van der Waals surface area contributed by atoms with Gasteiger partial charge in [-0.15, -0.1) is 0 Å². The zero-order valence-electron chi connectivity index (χ0n) is 11.9. The van der Waals surface area contributed by atoms with Crippen LogP contribution in [0.3, 0.4) is 0 Å². The summed E-state index contributed by atoms with van der Waals surface area (Å²) in [6, 6.07) is 3.11. The van der Waals surface area contributed by atoms with Crippen LogP contribution in [0, 0.1) is 5.92 Å². The summed E-state index contributed by atoms with van der Waals surface area (Å²) in [5, 5.41) is 3.28. The highest BCUT2D eigenvalue weighted by Gasteiger charge is 2.27. The molecule has 1 aliphatic heterocycles.